The fourth-order valence-corrected chi connectivity index (χ4v) is 1.98. The van der Waals surface area contributed by atoms with E-state index in [1.54, 1.807) is 0 Å². The van der Waals surface area contributed by atoms with Gasteiger partial charge in [0.1, 0.15) is 0 Å². The highest BCUT2D eigenvalue weighted by Crippen LogP contribution is 2.09. The molecule has 0 spiro atoms. The topological polar surface area (TPSA) is 98.7 Å². The van der Waals surface area contributed by atoms with Crippen LogP contribution in [0.5, 0.6) is 0 Å². The molecule has 1 saturated heterocycles. The van der Waals surface area contributed by atoms with Crippen LogP contribution in [0.4, 0.5) is 4.79 Å². The number of likely N-dealkylation sites (N-methyl/N-ethyl adjacent to an activating group) is 1. The number of piperidine rings is 1. The predicted octanol–water partition coefficient (Wildman–Crippen LogP) is -0.0627. The highest BCUT2D eigenvalue weighted by molar-refractivity contribution is 6.02. The lowest BCUT2D eigenvalue weighted by Crippen LogP contribution is -2.51. The fraction of sp³-hybridized carbons (Fsp3) is 0.583. The van der Waals surface area contributed by atoms with Crippen molar-refractivity contribution in [2.24, 2.45) is 0 Å². The normalized spacial score (nSPS) is 20.2. The lowest BCUT2D eigenvalue weighted by molar-refractivity contribution is -0.131. The van der Waals surface area contributed by atoms with Crippen molar-refractivity contribution in [3.63, 3.8) is 0 Å². The number of rotatable bonds is 4. The number of carbonyl (C=O) groups is 3. The Morgan fingerprint density at radius 1 is 1.37 bits per heavy atom. The molecule has 1 aliphatic rings. The standard InChI is InChI=1S/C12H19N3O4/c1-2-15-7-3-4-9(8-15)13-12(19)14-10(16)5-6-11(17)18/h5-6,9H,2-4,7-8H2,1H3,(H,17,18)(H2,13,14,16,19)/b6-5+. The Balaban J connectivity index is 2.34. The van der Waals surface area contributed by atoms with Gasteiger partial charge in [0.05, 0.1) is 0 Å². The molecule has 3 N–H and O–H groups in total. The van der Waals surface area contributed by atoms with Gasteiger partial charge in [-0.1, -0.05) is 6.92 Å². The molecule has 1 atom stereocenters. The van der Waals surface area contributed by atoms with Crippen LogP contribution in [0.3, 0.4) is 0 Å². The summed E-state index contributed by atoms with van der Waals surface area (Å²) in [6.07, 6.45) is 3.37. The lowest BCUT2D eigenvalue weighted by atomic mass is 10.1. The largest absolute Gasteiger partial charge is 0.478 e. The molecule has 0 bridgehead atoms. The van der Waals surface area contributed by atoms with Gasteiger partial charge in [0.2, 0.25) is 0 Å². The van der Waals surface area contributed by atoms with E-state index in [0.29, 0.717) is 6.08 Å². The van der Waals surface area contributed by atoms with Crippen molar-refractivity contribution in [2.75, 3.05) is 19.6 Å². The maximum Gasteiger partial charge on any atom is 0.328 e. The van der Waals surface area contributed by atoms with Crippen LogP contribution in [-0.2, 0) is 9.59 Å². The minimum absolute atomic E-state index is 0.0185. The molecule has 0 aromatic carbocycles. The molecule has 106 valence electrons. The number of hydrogen-bond donors (Lipinski definition) is 3. The van der Waals surface area contributed by atoms with Crippen LogP contribution >= 0.6 is 0 Å². The first-order chi connectivity index (χ1) is 9.01. The predicted molar refractivity (Wildman–Crippen MR) is 68.6 cm³/mol. The highest BCUT2D eigenvalue weighted by atomic mass is 16.4. The molecule has 0 saturated carbocycles. The van der Waals surface area contributed by atoms with Gasteiger partial charge in [-0.2, -0.15) is 0 Å². The molecule has 1 rings (SSSR count). The summed E-state index contributed by atoms with van der Waals surface area (Å²) in [5, 5.41) is 13.1. The van der Waals surface area contributed by atoms with Crippen LogP contribution in [0, 0.1) is 0 Å². The van der Waals surface area contributed by atoms with Crippen LogP contribution in [0.15, 0.2) is 12.2 Å². The zero-order chi connectivity index (χ0) is 14.3. The molecule has 3 amide bonds. The molecule has 0 aromatic rings. The van der Waals surface area contributed by atoms with Crippen molar-refractivity contribution in [3.05, 3.63) is 12.2 Å². The Labute approximate surface area is 111 Å². The van der Waals surface area contributed by atoms with Crippen LogP contribution in [0.25, 0.3) is 0 Å². The maximum atomic E-state index is 11.5. The first-order valence-corrected chi connectivity index (χ1v) is 6.26. The highest BCUT2D eigenvalue weighted by Gasteiger charge is 2.20. The fourth-order valence-electron chi connectivity index (χ4n) is 1.98. The number of likely N-dealkylation sites (tertiary alicyclic amines) is 1. The molecular weight excluding hydrogens is 250 g/mol. The number of nitrogens with zero attached hydrogens (tertiary/aromatic N) is 1. The Kier molecular flexibility index (Phi) is 6.01. The van der Waals surface area contributed by atoms with Crippen molar-refractivity contribution in [2.45, 2.75) is 25.8 Å². The molecular formula is C12H19N3O4. The van der Waals surface area contributed by atoms with Gasteiger partial charge in [0.25, 0.3) is 5.91 Å². The van der Waals surface area contributed by atoms with Gasteiger partial charge in [0, 0.05) is 24.7 Å². The number of aliphatic carboxylic acids is 1. The Morgan fingerprint density at radius 3 is 2.74 bits per heavy atom. The summed E-state index contributed by atoms with van der Waals surface area (Å²) in [4.78, 5) is 35.1. The summed E-state index contributed by atoms with van der Waals surface area (Å²) in [6, 6.07) is -0.576. The zero-order valence-electron chi connectivity index (χ0n) is 10.9. The van der Waals surface area contributed by atoms with Gasteiger partial charge in [-0.3, -0.25) is 10.1 Å². The number of hydrogen-bond acceptors (Lipinski definition) is 4. The van der Waals surface area contributed by atoms with Crippen molar-refractivity contribution >= 4 is 17.9 Å². The molecule has 19 heavy (non-hydrogen) atoms. The van der Waals surface area contributed by atoms with Crippen LogP contribution in [-0.4, -0.2) is 53.6 Å². The monoisotopic (exact) mass is 269 g/mol. The van der Waals surface area contributed by atoms with E-state index in [1.807, 2.05) is 0 Å². The Hall–Kier alpha value is -1.89. The van der Waals surface area contributed by atoms with Crippen LogP contribution in [0.2, 0.25) is 0 Å². The number of imide groups is 1. The number of carbonyl (C=O) groups excluding carboxylic acids is 2. The molecule has 1 unspecified atom stereocenters. The van der Waals surface area contributed by atoms with E-state index in [4.69, 9.17) is 5.11 Å². The molecule has 7 heteroatoms. The molecule has 0 radical (unpaired) electrons. The summed E-state index contributed by atoms with van der Waals surface area (Å²) in [5.41, 5.74) is 0. The van der Waals surface area contributed by atoms with Crippen molar-refractivity contribution in [1.29, 1.82) is 0 Å². The van der Waals surface area contributed by atoms with E-state index in [1.165, 1.54) is 0 Å². The molecule has 0 aliphatic carbocycles. The molecule has 7 nitrogen and oxygen atoms in total. The number of carboxylic acids is 1. The van der Waals surface area contributed by atoms with E-state index in [2.05, 4.69) is 22.5 Å². The van der Waals surface area contributed by atoms with Crippen LogP contribution in [0.1, 0.15) is 19.8 Å². The second-order valence-electron chi connectivity index (χ2n) is 4.37. The van der Waals surface area contributed by atoms with Gasteiger partial charge in [0.15, 0.2) is 0 Å². The van der Waals surface area contributed by atoms with E-state index in [0.717, 1.165) is 38.6 Å². The smallest absolute Gasteiger partial charge is 0.328 e. The molecule has 1 heterocycles. The van der Waals surface area contributed by atoms with Gasteiger partial charge >= 0.3 is 12.0 Å². The Morgan fingerprint density at radius 2 is 2.11 bits per heavy atom. The third kappa shape index (κ3) is 6.01. The molecule has 0 aromatic heterocycles. The van der Waals surface area contributed by atoms with E-state index >= 15 is 0 Å². The first-order valence-electron chi connectivity index (χ1n) is 6.26. The molecule has 1 fully saturated rings. The SMILES string of the molecule is CCN1CCCC(NC(=O)NC(=O)/C=C/C(=O)O)C1. The Bertz CT molecular complexity index is 381. The van der Waals surface area contributed by atoms with Crippen molar-refractivity contribution in [3.8, 4) is 0 Å². The van der Waals surface area contributed by atoms with Gasteiger partial charge < -0.3 is 15.3 Å². The maximum absolute atomic E-state index is 11.5. The van der Waals surface area contributed by atoms with Gasteiger partial charge in [-0.05, 0) is 25.9 Å². The average Bonchev–Trinajstić information content (AvgIpc) is 2.36. The summed E-state index contributed by atoms with van der Waals surface area (Å²) in [5.74, 6) is -1.98. The molecule has 1 aliphatic heterocycles. The third-order valence-corrected chi connectivity index (χ3v) is 2.90. The number of amides is 3. The first kappa shape index (κ1) is 15.2. The lowest BCUT2D eigenvalue weighted by Gasteiger charge is -2.32. The number of urea groups is 1. The van der Waals surface area contributed by atoms with E-state index in [-0.39, 0.29) is 6.04 Å². The minimum Gasteiger partial charge on any atom is -0.478 e. The summed E-state index contributed by atoms with van der Waals surface area (Å²) >= 11 is 0. The minimum atomic E-state index is -1.23. The van der Waals surface area contributed by atoms with Crippen molar-refractivity contribution in [1.82, 2.24) is 15.5 Å². The third-order valence-electron chi connectivity index (χ3n) is 2.90. The van der Waals surface area contributed by atoms with Crippen molar-refractivity contribution < 1.29 is 19.5 Å². The van der Waals surface area contributed by atoms with Gasteiger partial charge in [-0.15, -0.1) is 0 Å². The number of carboxylic acid groups (broad SMARTS) is 1. The van der Waals surface area contributed by atoms with E-state index < -0.39 is 17.9 Å². The zero-order valence-corrected chi connectivity index (χ0v) is 10.9. The second-order valence-corrected chi connectivity index (χ2v) is 4.37. The average molecular weight is 269 g/mol. The second kappa shape index (κ2) is 7.52. The van der Waals surface area contributed by atoms with Crippen LogP contribution < -0.4 is 10.6 Å². The van der Waals surface area contributed by atoms with Gasteiger partial charge in [-0.25, -0.2) is 9.59 Å². The quantitative estimate of drug-likeness (QED) is 0.621. The summed E-state index contributed by atoms with van der Waals surface area (Å²) < 4.78 is 0. The summed E-state index contributed by atoms with van der Waals surface area (Å²) in [6.45, 7) is 4.78. The summed E-state index contributed by atoms with van der Waals surface area (Å²) in [7, 11) is 0. The van der Waals surface area contributed by atoms with E-state index in [9.17, 15) is 14.4 Å². The number of nitrogens with one attached hydrogen (secondary N) is 2.